The van der Waals surface area contributed by atoms with Crippen LogP contribution in [-0.4, -0.2) is 23.3 Å². The molecule has 0 spiro atoms. The van der Waals surface area contributed by atoms with Crippen molar-refractivity contribution in [3.05, 3.63) is 83.9 Å². The second-order valence-electron chi connectivity index (χ2n) is 7.64. The van der Waals surface area contributed by atoms with E-state index in [9.17, 15) is 8.42 Å². The predicted molar refractivity (Wildman–Crippen MR) is 113 cm³/mol. The summed E-state index contributed by atoms with van der Waals surface area (Å²) in [6.07, 6.45) is 3.19. The molecule has 0 saturated heterocycles. The highest BCUT2D eigenvalue weighted by Gasteiger charge is 2.50. The van der Waals surface area contributed by atoms with Crippen molar-refractivity contribution in [1.82, 2.24) is 4.72 Å². The Balaban J connectivity index is 2.10. The minimum atomic E-state index is -3.43. The molecule has 1 aliphatic heterocycles. The van der Waals surface area contributed by atoms with Crippen LogP contribution in [0.2, 0.25) is 5.04 Å². The summed E-state index contributed by atoms with van der Waals surface area (Å²) in [7, 11) is -6.10. The van der Waals surface area contributed by atoms with Gasteiger partial charge in [0.2, 0.25) is 0 Å². The van der Waals surface area contributed by atoms with Crippen molar-refractivity contribution >= 4 is 28.7 Å². The molecule has 1 heterocycles. The van der Waals surface area contributed by atoms with Crippen LogP contribution in [0.1, 0.15) is 20.8 Å². The Hall–Kier alpha value is -2.15. The fourth-order valence-corrected chi connectivity index (χ4v) is 8.95. The van der Waals surface area contributed by atoms with E-state index < -0.39 is 18.3 Å². The average molecular weight is 400 g/mol. The van der Waals surface area contributed by atoms with Crippen molar-refractivity contribution in [3.63, 3.8) is 0 Å². The van der Waals surface area contributed by atoms with Gasteiger partial charge in [-0.25, -0.2) is 8.42 Å². The fraction of sp³-hybridized carbons (Fsp3) is 0.238. The highest BCUT2D eigenvalue weighted by Crippen LogP contribution is 2.37. The quantitative estimate of drug-likeness (QED) is 0.787. The van der Waals surface area contributed by atoms with E-state index in [0.717, 1.165) is 0 Å². The molecule has 0 saturated carbocycles. The maximum atomic E-state index is 11.8. The molecule has 0 fully saturated rings. The normalized spacial score (nSPS) is 16.5. The van der Waals surface area contributed by atoms with Gasteiger partial charge < -0.3 is 4.43 Å². The first-order valence-electron chi connectivity index (χ1n) is 8.89. The lowest BCUT2D eigenvalue weighted by Crippen LogP contribution is -2.66. The Morgan fingerprint density at radius 1 is 0.926 bits per heavy atom. The number of nitrogens with one attached hydrogen (secondary N) is 1. The minimum absolute atomic E-state index is 0.147. The van der Waals surface area contributed by atoms with Crippen molar-refractivity contribution in [3.8, 4) is 0 Å². The van der Waals surface area contributed by atoms with Gasteiger partial charge in [-0.05, 0) is 27.1 Å². The van der Waals surface area contributed by atoms with Crippen LogP contribution in [0.15, 0.2) is 83.9 Å². The van der Waals surface area contributed by atoms with Gasteiger partial charge in [-0.1, -0.05) is 81.4 Å². The maximum Gasteiger partial charge on any atom is 0.261 e. The largest absolute Gasteiger partial charge is 0.403 e. The molecule has 4 nitrogen and oxygen atoms in total. The van der Waals surface area contributed by atoms with Gasteiger partial charge in [0, 0.05) is 6.20 Å². The third-order valence-corrected chi connectivity index (χ3v) is 10.8. The molecule has 1 N–H and O–H groups in total. The van der Waals surface area contributed by atoms with E-state index >= 15 is 0 Å². The van der Waals surface area contributed by atoms with Crippen molar-refractivity contribution in [2.24, 2.45) is 0 Å². The highest BCUT2D eigenvalue weighted by molar-refractivity contribution is 7.92. The molecule has 2 aromatic rings. The first kappa shape index (κ1) is 19.6. The Bertz CT molecular complexity index is 906. The molecule has 6 heteroatoms. The molecule has 0 amide bonds. The molecular formula is C21H25NO3SSi. The Kier molecular flexibility index (Phi) is 5.42. The first-order chi connectivity index (χ1) is 12.7. The minimum Gasteiger partial charge on any atom is -0.403 e. The zero-order valence-corrected chi connectivity index (χ0v) is 17.7. The van der Waals surface area contributed by atoms with Crippen LogP contribution < -0.4 is 15.1 Å². The van der Waals surface area contributed by atoms with Crippen LogP contribution in [0.5, 0.6) is 0 Å². The predicted octanol–water partition coefficient (Wildman–Crippen LogP) is 2.89. The van der Waals surface area contributed by atoms with Crippen molar-refractivity contribution < 1.29 is 12.8 Å². The number of sulfonamides is 1. The summed E-state index contributed by atoms with van der Waals surface area (Å²) in [6, 6.07) is 20.6. The average Bonchev–Trinajstić information content (AvgIpc) is 2.62. The molecule has 3 rings (SSSR count). The molecule has 1 aliphatic rings. The smallest absolute Gasteiger partial charge is 0.261 e. The number of hydrogen-bond acceptors (Lipinski definition) is 3. The van der Waals surface area contributed by atoms with Gasteiger partial charge in [-0.2, -0.15) is 0 Å². The lowest BCUT2D eigenvalue weighted by molar-refractivity contribution is 0.332. The Morgan fingerprint density at radius 2 is 1.44 bits per heavy atom. The van der Waals surface area contributed by atoms with Gasteiger partial charge in [-0.15, -0.1) is 0 Å². The lowest BCUT2D eigenvalue weighted by Gasteiger charge is -2.43. The summed E-state index contributed by atoms with van der Waals surface area (Å²) in [5.41, 5.74) is 0.640. The van der Waals surface area contributed by atoms with Crippen LogP contribution in [0, 0.1) is 0 Å². The summed E-state index contributed by atoms with van der Waals surface area (Å²) in [5.74, 6) is 0. The van der Waals surface area contributed by atoms with E-state index in [0.29, 0.717) is 5.57 Å². The van der Waals surface area contributed by atoms with Crippen LogP contribution in [0.3, 0.4) is 0 Å². The van der Waals surface area contributed by atoms with E-state index in [4.69, 9.17) is 4.43 Å². The summed E-state index contributed by atoms with van der Waals surface area (Å²) in [5, 5.41) is 3.44. The van der Waals surface area contributed by atoms with Crippen LogP contribution >= 0.6 is 0 Å². The van der Waals surface area contributed by atoms with Crippen molar-refractivity contribution in [2.75, 3.05) is 6.61 Å². The topological polar surface area (TPSA) is 55.4 Å². The second-order valence-corrected chi connectivity index (χ2v) is 13.5. The maximum absolute atomic E-state index is 11.8. The van der Waals surface area contributed by atoms with Crippen LogP contribution in [0.4, 0.5) is 0 Å². The zero-order chi connectivity index (χ0) is 19.5. The Labute approximate surface area is 162 Å². The molecule has 27 heavy (non-hydrogen) atoms. The van der Waals surface area contributed by atoms with Gasteiger partial charge in [-0.3, -0.25) is 4.72 Å². The van der Waals surface area contributed by atoms with E-state index in [2.05, 4.69) is 49.8 Å². The SMILES string of the molecule is CC(C)(C)[Si](OCC1=CS(=O)(=O)NC=C1)(c1ccccc1)c1ccccc1. The lowest BCUT2D eigenvalue weighted by atomic mass is 10.2. The van der Waals surface area contributed by atoms with Gasteiger partial charge in [0.1, 0.15) is 0 Å². The molecule has 0 unspecified atom stereocenters. The van der Waals surface area contributed by atoms with E-state index in [-0.39, 0.29) is 11.6 Å². The molecule has 2 aromatic carbocycles. The molecule has 142 valence electrons. The number of hydrogen-bond donors (Lipinski definition) is 1. The fourth-order valence-electron chi connectivity index (χ4n) is 3.54. The van der Waals surface area contributed by atoms with Gasteiger partial charge in [0.25, 0.3) is 18.3 Å². The summed E-state index contributed by atoms with van der Waals surface area (Å²) < 4.78 is 32.8. The van der Waals surface area contributed by atoms with Crippen molar-refractivity contribution in [1.29, 1.82) is 0 Å². The zero-order valence-electron chi connectivity index (χ0n) is 15.8. The monoisotopic (exact) mass is 399 g/mol. The Morgan fingerprint density at radius 3 is 1.89 bits per heavy atom. The van der Waals surface area contributed by atoms with Gasteiger partial charge in [0.05, 0.1) is 12.0 Å². The van der Waals surface area contributed by atoms with Crippen molar-refractivity contribution in [2.45, 2.75) is 25.8 Å². The standard InChI is InChI=1S/C21H25NO3SSi/c1-21(2,3)27(19-10-6-4-7-11-19,20-12-8-5-9-13-20)25-16-18-14-15-22-26(23,24)17-18/h4-15,17,22H,16H2,1-3H3. The number of benzene rings is 2. The second kappa shape index (κ2) is 7.46. The number of rotatable bonds is 5. The van der Waals surface area contributed by atoms with Gasteiger partial charge in [0.15, 0.2) is 0 Å². The van der Waals surface area contributed by atoms with Gasteiger partial charge >= 0.3 is 0 Å². The first-order valence-corrected chi connectivity index (χ1v) is 12.3. The molecule has 0 radical (unpaired) electrons. The highest BCUT2D eigenvalue weighted by atomic mass is 32.2. The van der Waals surface area contributed by atoms with Crippen LogP contribution in [-0.2, 0) is 14.4 Å². The molecule has 0 bridgehead atoms. The van der Waals surface area contributed by atoms with E-state index in [1.54, 1.807) is 6.08 Å². The molecular weight excluding hydrogens is 374 g/mol. The van der Waals surface area contributed by atoms with E-state index in [1.165, 1.54) is 22.0 Å². The molecule has 0 aromatic heterocycles. The molecule has 0 atom stereocenters. The summed E-state index contributed by atoms with van der Waals surface area (Å²) >= 11 is 0. The third kappa shape index (κ3) is 4.08. The van der Waals surface area contributed by atoms with Crippen LogP contribution in [0.25, 0.3) is 0 Å². The van der Waals surface area contributed by atoms with E-state index in [1.807, 2.05) is 36.4 Å². The molecule has 0 aliphatic carbocycles. The summed E-state index contributed by atoms with van der Waals surface area (Å²) in [6.45, 7) is 6.83. The summed E-state index contributed by atoms with van der Waals surface area (Å²) in [4.78, 5) is 0. The third-order valence-electron chi connectivity index (χ3n) is 4.71.